The minimum atomic E-state index is -0.0670. The summed E-state index contributed by atoms with van der Waals surface area (Å²) in [6.45, 7) is 5.13. The summed E-state index contributed by atoms with van der Waals surface area (Å²) >= 11 is 9.36. The molecular weight excluding hydrogens is 418 g/mol. The molecule has 6 nitrogen and oxygen atoms in total. The molecule has 0 unspecified atom stereocenters. The summed E-state index contributed by atoms with van der Waals surface area (Å²) in [5.74, 6) is -0.0670. The first-order chi connectivity index (χ1) is 12.4. The normalized spacial score (nSPS) is 10.9. The van der Waals surface area contributed by atoms with Gasteiger partial charge in [-0.15, -0.1) is 0 Å². The minimum absolute atomic E-state index is 0.0670. The Hall–Kier alpha value is -2.12. The van der Waals surface area contributed by atoms with Gasteiger partial charge in [0, 0.05) is 24.8 Å². The molecule has 0 atom stereocenters. The molecule has 0 aliphatic carbocycles. The van der Waals surface area contributed by atoms with E-state index < -0.39 is 0 Å². The first-order valence-corrected chi connectivity index (χ1v) is 9.35. The van der Waals surface area contributed by atoms with Crippen molar-refractivity contribution in [2.24, 2.45) is 0 Å². The fourth-order valence-electron chi connectivity index (χ4n) is 2.65. The molecule has 1 N–H and O–H groups in total. The molecule has 3 rings (SSSR count). The molecule has 0 bridgehead atoms. The standard InChI is InChI=1S/C18H19BrClN5O/c1-12-18(19)13(2)25(23-12)10-14-4-3-5-16(8-14)22-17(26)6-7-24-11-15(20)9-21-24/h3-5,8-9,11H,6-7,10H2,1-2H3,(H,22,26). The second kappa shape index (κ2) is 8.05. The zero-order valence-corrected chi connectivity index (χ0v) is 16.9. The predicted octanol–water partition coefficient (Wildman–Crippen LogP) is 4.19. The number of benzene rings is 1. The highest BCUT2D eigenvalue weighted by Crippen LogP contribution is 2.21. The van der Waals surface area contributed by atoms with Gasteiger partial charge in [0.2, 0.25) is 5.91 Å². The highest BCUT2D eigenvalue weighted by atomic mass is 79.9. The van der Waals surface area contributed by atoms with Crippen LogP contribution < -0.4 is 5.32 Å². The maximum Gasteiger partial charge on any atom is 0.226 e. The Morgan fingerprint density at radius 3 is 2.81 bits per heavy atom. The Kier molecular flexibility index (Phi) is 5.78. The fraction of sp³-hybridized carbons (Fsp3) is 0.278. The zero-order valence-electron chi connectivity index (χ0n) is 14.5. The van der Waals surface area contributed by atoms with Crippen molar-refractivity contribution in [3.63, 3.8) is 0 Å². The topological polar surface area (TPSA) is 64.7 Å². The van der Waals surface area contributed by atoms with Gasteiger partial charge >= 0.3 is 0 Å². The van der Waals surface area contributed by atoms with Crippen LogP contribution in [-0.4, -0.2) is 25.5 Å². The maximum atomic E-state index is 12.2. The number of nitrogens with zero attached hydrogens (tertiary/aromatic N) is 4. The summed E-state index contributed by atoms with van der Waals surface area (Å²) in [6.07, 6.45) is 3.58. The quantitative estimate of drug-likeness (QED) is 0.630. The van der Waals surface area contributed by atoms with E-state index in [-0.39, 0.29) is 5.91 Å². The molecule has 2 aromatic heterocycles. The van der Waals surface area contributed by atoms with E-state index >= 15 is 0 Å². The van der Waals surface area contributed by atoms with Gasteiger partial charge in [-0.1, -0.05) is 23.7 Å². The molecule has 8 heteroatoms. The molecule has 0 aliphatic heterocycles. The van der Waals surface area contributed by atoms with Crippen LogP contribution in [0.15, 0.2) is 41.1 Å². The summed E-state index contributed by atoms with van der Waals surface area (Å²) in [7, 11) is 0. The van der Waals surface area contributed by atoms with Crippen LogP contribution in [-0.2, 0) is 17.9 Å². The maximum absolute atomic E-state index is 12.2. The van der Waals surface area contributed by atoms with Gasteiger partial charge in [0.15, 0.2) is 0 Å². The van der Waals surface area contributed by atoms with E-state index in [2.05, 4.69) is 31.4 Å². The number of carbonyl (C=O) groups is 1. The smallest absolute Gasteiger partial charge is 0.226 e. The van der Waals surface area contributed by atoms with E-state index in [1.807, 2.05) is 42.8 Å². The molecule has 26 heavy (non-hydrogen) atoms. The SMILES string of the molecule is Cc1nn(Cc2cccc(NC(=O)CCn3cc(Cl)cn3)c2)c(C)c1Br. The summed E-state index contributed by atoms with van der Waals surface area (Å²) in [5.41, 5.74) is 3.88. The van der Waals surface area contributed by atoms with Crippen LogP contribution in [0.2, 0.25) is 5.02 Å². The Labute approximate surface area is 165 Å². The van der Waals surface area contributed by atoms with Gasteiger partial charge in [-0.3, -0.25) is 14.2 Å². The van der Waals surface area contributed by atoms with Crippen molar-refractivity contribution >= 4 is 39.1 Å². The van der Waals surface area contributed by atoms with Crippen molar-refractivity contribution in [3.05, 3.63) is 63.1 Å². The summed E-state index contributed by atoms with van der Waals surface area (Å²) in [4.78, 5) is 12.2. The van der Waals surface area contributed by atoms with Crippen LogP contribution in [0.4, 0.5) is 5.69 Å². The number of hydrogen-bond acceptors (Lipinski definition) is 3. The van der Waals surface area contributed by atoms with E-state index in [4.69, 9.17) is 11.6 Å². The van der Waals surface area contributed by atoms with E-state index in [0.29, 0.717) is 24.5 Å². The number of halogens is 2. The summed E-state index contributed by atoms with van der Waals surface area (Å²) in [5, 5.41) is 12.1. The van der Waals surface area contributed by atoms with Crippen molar-refractivity contribution in [1.82, 2.24) is 19.6 Å². The van der Waals surface area contributed by atoms with Crippen LogP contribution in [0.5, 0.6) is 0 Å². The number of aromatic nitrogens is 4. The predicted molar refractivity (Wildman–Crippen MR) is 105 cm³/mol. The van der Waals surface area contributed by atoms with Crippen LogP contribution >= 0.6 is 27.5 Å². The summed E-state index contributed by atoms with van der Waals surface area (Å²) in [6, 6.07) is 7.79. The number of amides is 1. The average Bonchev–Trinajstić information content (AvgIpc) is 3.12. The van der Waals surface area contributed by atoms with Crippen molar-refractivity contribution in [2.75, 3.05) is 5.32 Å². The largest absolute Gasteiger partial charge is 0.326 e. The highest BCUT2D eigenvalue weighted by Gasteiger charge is 2.10. The van der Waals surface area contributed by atoms with Gasteiger partial charge in [-0.2, -0.15) is 10.2 Å². The molecule has 1 aromatic carbocycles. The molecule has 0 saturated heterocycles. The number of hydrogen-bond donors (Lipinski definition) is 1. The fourth-order valence-corrected chi connectivity index (χ4v) is 3.09. The number of aryl methyl sites for hydroxylation is 2. The van der Waals surface area contributed by atoms with Crippen LogP contribution in [0.3, 0.4) is 0 Å². The van der Waals surface area contributed by atoms with Gasteiger partial charge < -0.3 is 5.32 Å². The lowest BCUT2D eigenvalue weighted by atomic mass is 10.2. The number of rotatable bonds is 6. The second-order valence-corrected chi connectivity index (χ2v) is 7.29. The van der Waals surface area contributed by atoms with Crippen molar-refractivity contribution in [3.8, 4) is 0 Å². The van der Waals surface area contributed by atoms with E-state index in [9.17, 15) is 4.79 Å². The lowest BCUT2D eigenvalue weighted by Crippen LogP contribution is -2.15. The van der Waals surface area contributed by atoms with Crippen molar-refractivity contribution in [2.45, 2.75) is 33.4 Å². The lowest BCUT2D eigenvalue weighted by Gasteiger charge is -2.09. The molecule has 136 valence electrons. The minimum Gasteiger partial charge on any atom is -0.326 e. The monoisotopic (exact) mass is 435 g/mol. The molecule has 0 aliphatic rings. The van der Waals surface area contributed by atoms with Crippen LogP contribution in [0, 0.1) is 13.8 Å². The molecule has 1 amide bonds. The van der Waals surface area contributed by atoms with Crippen LogP contribution in [0.1, 0.15) is 23.4 Å². The van der Waals surface area contributed by atoms with Gasteiger partial charge in [-0.05, 0) is 47.5 Å². The van der Waals surface area contributed by atoms with Crippen molar-refractivity contribution < 1.29 is 4.79 Å². The highest BCUT2D eigenvalue weighted by molar-refractivity contribution is 9.10. The molecule has 0 fully saturated rings. The zero-order chi connectivity index (χ0) is 18.7. The third-order valence-electron chi connectivity index (χ3n) is 4.01. The molecule has 2 heterocycles. The number of nitrogens with one attached hydrogen (secondary N) is 1. The third-order valence-corrected chi connectivity index (χ3v) is 5.35. The molecule has 0 spiro atoms. The van der Waals surface area contributed by atoms with Gasteiger partial charge in [-0.25, -0.2) is 0 Å². The average molecular weight is 437 g/mol. The first kappa shape index (κ1) is 18.7. The molecule has 0 saturated carbocycles. The summed E-state index contributed by atoms with van der Waals surface area (Å²) < 4.78 is 4.63. The Morgan fingerprint density at radius 1 is 1.35 bits per heavy atom. The lowest BCUT2D eigenvalue weighted by molar-refractivity contribution is -0.116. The number of carbonyl (C=O) groups excluding carboxylic acids is 1. The Balaban J connectivity index is 1.61. The van der Waals surface area contributed by atoms with Gasteiger partial charge in [0.25, 0.3) is 0 Å². The van der Waals surface area contributed by atoms with E-state index in [1.54, 1.807) is 17.1 Å². The number of anilines is 1. The first-order valence-electron chi connectivity index (χ1n) is 8.18. The van der Waals surface area contributed by atoms with Crippen molar-refractivity contribution in [1.29, 1.82) is 0 Å². The third kappa shape index (κ3) is 4.53. The van der Waals surface area contributed by atoms with E-state index in [1.165, 1.54) is 0 Å². The molecule has 0 radical (unpaired) electrons. The van der Waals surface area contributed by atoms with Crippen LogP contribution in [0.25, 0.3) is 0 Å². The Morgan fingerprint density at radius 2 is 2.15 bits per heavy atom. The molecule has 3 aromatic rings. The Bertz CT molecular complexity index is 934. The van der Waals surface area contributed by atoms with Gasteiger partial charge in [0.1, 0.15) is 0 Å². The van der Waals surface area contributed by atoms with Gasteiger partial charge in [0.05, 0.1) is 33.6 Å². The molecular formula is C18H19BrClN5O. The van der Waals surface area contributed by atoms with E-state index in [0.717, 1.165) is 27.1 Å². The second-order valence-electron chi connectivity index (χ2n) is 6.06.